The van der Waals surface area contributed by atoms with Crippen LogP contribution in [0.2, 0.25) is 0 Å². The number of hydrogen-bond acceptors (Lipinski definition) is 7. The number of hydrogen-bond donors (Lipinski definition) is 4. The molecule has 5 rings (SSSR count). The van der Waals surface area contributed by atoms with Gasteiger partial charge in [0.1, 0.15) is 22.9 Å². The molecule has 0 aliphatic carbocycles. The highest BCUT2D eigenvalue weighted by Gasteiger charge is 2.15. The highest BCUT2D eigenvalue weighted by molar-refractivity contribution is 6.08. The molecule has 0 saturated carbocycles. The van der Waals surface area contributed by atoms with Crippen LogP contribution in [0.3, 0.4) is 0 Å². The third-order valence-corrected chi connectivity index (χ3v) is 6.08. The third-order valence-electron chi connectivity index (χ3n) is 6.08. The van der Waals surface area contributed by atoms with Crippen molar-refractivity contribution >= 4 is 47.0 Å². The molecule has 9 nitrogen and oxygen atoms in total. The normalized spacial score (nSPS) is 11.0. The molecule has 0 spiro atoms. The predicted octanol–water partition coefficient (Wildman–Crippen LogP) is 6.50. The standard InChI is InChI=1S/C33H25N5O4/c39-30-18-7-1-10-22(30)20-34-24-12-3-5-14-26(24)37-32(41)28-16-9-17-29(36-28)33(42)38-27-15-6-4-13-25(27)35-21-23-11-2-8-19-31(23)40/h1-21,39-40H,(H,37,41)(H,38,42). The van der Waals surface area contributed by atoms with Gasteiger partial charge in [-0.3, -0.25) is 19.6 Å². The van der Waals surface area contributed by atoms with E-state index in [0.717, 1.165) is 0 Å². The molecule has 0 atom stereocenters. The Hall–Kier alpha value is -6.09. The number of aliphatic imine (C=N–C) groups is 2. The van der Waals surface area contributed by atoms with Gasteiger partial charge in [-0.1, -0.05) is 54.6 Å². The van der Waals surface area contributed by atoms with E-state index in [1.165, 1.54) is 24.6 Å². The van der Waals surface area contributed by atoms with E-state index >= 15 is 0 Å². The topological polar surface area (TPSA) is 136 Å². The molecule has 42 heavy (non-hydrogen) atoms. The van der Waals surface area contributed by atoms with Gasteiger partial charge < -0.3 is 20.8 Å². The zero-order valence-corrected chi connectivity index (χ0v) is 22.2. The number of rotatable bonds is 8. The fourth-order valence-electron chi connectivity index (χ4n) is 3.92. The first-order chi connectivity index (χ1) is 20.5. The highest BCUT2D eigenvalue weighted by Crippen LogP contribution is 2.27. The van der Waals surface area contributed by atoms with Crippen LogP contribution in [0.5, 0.6) is 11.5 Å². The average molecular weight is 556 g/mol. The van der Waals surface area contributed by atoms with Crippen molar-refractivity contribution in [3.8, 4) is 11.5 Å². The van der Waals surface area contributed by atoms with E-state index < -0.39 is 11.8 Å². The Bertz CT molecular complexity index is 1690. The Kier molecular flexibility index (Phi) is 8.40. The van der Waals surface area contributed by atoms with Gasteiger partial charge in [0.05, 0.1) is 22.7 Å². The number of carbonyl (C=O) groups is 2. The smallest absolute Gasteiger partial charge is 0.274 e. The lowest BCUT2D eigenvalue weighted by Crippen LogP contribution is -2.18. The summed E-state index contributed by atoms with van der Waals surface area (Å²) >= 11 is 0. The van der Waals surface area contributed by atoms with Crippen molar-refractivity contribution < 1.29 is 19.8 Å². The fraction of sp³-hybridized carbons (Fsp3) is 0. The van der Waals surface area contributed by atoms with Gasteiger partial charge in [0.2, 0.25) is 0 Å². The summed E-state index contributed by atoms with van der Waals surface area (Å²) in [7, 11) is 0. The molecule has 0 fully saturated rings. The molecule has 4 aromatic carbocycles. The van der Waals surface area contributed by atoms with Gasteiger partial charge in [-0.25, -0.2) is 4.98 Å². The predicted molar refractivity (Wildman–Crippen MR) is 164 cm³/mol. The Morgan fingerprint density at radius 1 is 0.548 bits per heavy atom. The van der Waals surface area contributed by atoms with Crippen molar-refractivity contribution in [2.75, 3.05) is 10.6 Å². The van der Waals surface area contributed by atoms with Crippen LogP contribution in [0.25, 0.3) is 0 Å². The molecule has 1 aromatic heterocycles. The van der Waals surface area contributed by atoms with E-state index in [4.69, 9.17) is 0 Å². The zero-order chi connectivity index (χ0) is 29.3. The molecule has 0 radical (unpaired) electrons. The van der Waals surface area contributed by atoms with Gasteiger partial charge in [-0.05, 0) is 60.7 Å². The number of nitrogens with zero attached hydrogens (tertiary/aromatic N) is 3. The van der Waals surface area contributed by atoms with E-state index in [1.54, 1.807) is 103 Å². The van der Waals surface area contributed by atoms with Crippen LogP contribution in [0.15, 0.2) is 125 Å². The number of phenolic OH excluding ortho intramolecular Hbond substituents is 2. The van der Waals surface area contributed by atoms with Crippen LogP contribution < -0.4 is 10.6 Å². The lowest BCUT2D eigenvalue weighted by atomic mass is 10.2. The summed E-state index contributed by atoms with van der Waals surface area (Å²) in [6.07, 6.45) is 3.02. The van der Waals surface area contributed by atoms with Crippen molar-refractivity contribution in [3.63, 3.8) is 0 Å². The molecular formula is C33H25N5O4. The molecule has 0 unspecified atom stereocenters. The maximum absolute atomic E-state index is 13.1. The first kappa shape index (κ1) is 27.5. The van der Waals surface area contributed by atoms with Crippen LogP contribution in [-0.2, 0) is 0 Å². The lowest BCUT2D eigenvalue weighted by Gasteiger charge is -2.10. The molecule has 1 heterocycles. The fourth-order valence-corrected chi connectivity index (χ4v) is 3.92. The number of para-hydroxylation sites is 6. The van der Waals surface area contributed by atoms with E-state index in [-0.39, 0.29) is 22.9 Å². The highest BCUT2D eigenvalue weighted by atomic mass is 16.3. The van der Waals surface area contributed by atoms with Crippen molar-refractivity contribution in [3.05, 3.63) is 138 Å². The van der Waals surface area contributed by atoms with Crippen LogP contribution in [-0.4, -0.2) is 39.4 Å². The number of nitrogens with one attached hydrogen (secondary N) is 2. The summed E-state index contributed by atoms with van der Waals surface area (Å²) < 4.78 is 0. The van der Waals surface area contributed by atoms with Gasteiger partial charge in [-0.15, -0.1) is 0 Å². The molecule has 4 N–H and O–H groups in total. The molecule has 5 aromatic rings. The van der Waals surface area contributed by atoms with Crippen LogP contribution in [0, 0.1) is 0 Å². The van der Waals surface area contributed by atoms with Crippen molar-refractivity contribution in [2.45, 2.75) is 0 Å². The van der Waals surface area contributed by atoms with E-state index in [2.05, 4.69) is 25.6 Å². The minimum Gasteiger partial charge on any atom is -0.507 e. The van der Waals surface area contributed by atoms with Crippen molar-refractivity contribution in [2.24, 2.45) is 9.98 Å². The largest absolute Gasteiger partial charge is 0.507 e. The molecule has 0 aliphatic rings. The summed E-state index contributed by atoms with van der Waals surface area (Å²) in [6.45, 7) is 0. The van der Waals surface area contributed by atoms with Crippen molar-refractivity contribution in [1.29, 1.82) is 0 Å². The maximum atomic E-state index is 13.1. The third kappa shape index (κ3) is 6.72. The van der Waals surface area contributed by atoms with Gasteiger partial charge in [0.25, 0.3) is 11.8 Å². The zero-order valence-electron chi connectivity index (χ0n) is 22.2. The van der Waals surface area contributed by atoms with Gasteiger partial charge in [-0.2, -0.15) is 0 Å². The molecule has 206 valence electrons. The maximum Gasteiger partial charge on any atom is 0.274 e. The summed E-state index contributed by atoms with van der Waals surface area (Å²) in [5.41, 5.74) is 2.95. The summed E-state index contributed by atoms with van der Waals surface area (Å²) in [5, 5.41) is 25.6. The summed E-state index contributed by atoms with van der Waals surface area (Å²) in [5.74, 6) is -0.871. The molecule has 0 saturated heterocycles. The first-order valence-electron chi connectivity index (χ1n) is 12.9. The van der Waals surface area contributed by atoms with Crippen molar-refractivity contribution in [1.82, 2.24) is 4.98 Å². The number of amides is 2. The molecular weight excluding hydrogens is 530 g/mol. The quantitative estimate of drug-likeness (QED) is 0.162. The second kappa shape index (κ2) is 12.8. The molecule has 0 bridgehead atoms. The Morgan fingerprint density at radius 3 is 1.40 bits per heavy atom. The summed E-state index contributed by atoms with van der Waals surface area (Å²) in [4.78, 5) is 39.3. The molecule has 9 heteroatoms. The Labute approximate surface area is 241 Å². The number of benzene rings is 4. The van der Waals surface area contributed by atoms with Gasteiger partial charge in [0.15, 0.2) is 0 Å². The SMILES string of the molecule is O=C(Nc1ccccc1N=Cc1ccccc1O)c1cccc(C(=O)Nc2ccccc2N=Cc2ccccc2O)n1. The second-order valence-corrected chi connectivity index (χ2v) is 8.98. The minimum atomic E-state index is -0.525. The number of phenols is 2. The molecule has 0 aliphatic heterocycles. The second-order valence-electron chi connectivity index (χ2n) is 8.98. The Balaban J connectivity index is 1.31. The number of anilines is 2. The first-order valence-corrected chi connectivity index (χ1v) is 12.9. The van der Waals surface area contributed by atoms with Crippen LogP contribution in [0.4, 0.5) is 22.7 Å². The van der Waals surface area contributed by atoms with Gasteiger partial charge >= 0.3 is 0 Å². The average Bonchev–Trinajstić information content (AvgIpc) is 3.01. The number of carbonyl (C=O) groups excluding carboxylic acids is 2. The summed E-state index contributed by atoms with van der Waals surface area (Å²) in [6, 6.07) is 32.0. The van der Waals surface area contributed by atoms with E-state index in [0.29, 0.717) is 33.9 Å². The van der Waals surface area contributed by atoms with Crippen LogP contribution in [0.1, 0.15) is 32.1 Å². The van der Waals surface area contributed by atoms with Gasteiger partial charge in [0, 0.05) is 23.6 Å². The molecule has 2 amide bonds. The monoisotopic (exact) mass is 555 g/mol. The lowest BCUT2D eigenvalue weighted by molar-refractivity contribution is 0.101. The van der Waals surface area contributed by atoms with E-state index in [9.17, 15) is 19.8 Å². The minimum absolute atomic E-state index is 0.0352. The van der Waals surface area contributed by atoms with E-state index in [1.807, 2.05) is 0 Å². The Morgan fingerprint density at radius 2 is 0.952 bits per heavy atom. The number of pyridine rings is 1. The number of aromatic nitrogens is 1. The van der Waals surface area contributed by atoms with Crippen LogP contribution >= 0.6 is 0 Å². The number of aromatic hydroxyl groups is 2.